The quantitative estimate of drug-likeness (QED) is 0.701. The number of hydrogen-bond acceptors (Lipinski definition) is 3. The predicted molar refractivity (Wildman–Crippen MR) is 101 cm³/mol. The van der Waals surface area contributed by atoms with Crippen LogP contribution in [0.5, 0.6) is 0 Å². The number of thioether (sulfide) groups is 1. The molecule has 0 spiro atoms. The van der Waals surface area contributed by atoms with Crippen LogP contribution in [0.1, 0.15) is 19.4 Å². The summed E-state index contributed by atoms with van der Waals surface area (Å²) in [5, 5.41) is 0.782. The Hall–Kier alpha value is -2.27. The second-order valence-electron chi connectivity index (χ2n) is 5.99. The van der Waals surface area contributed by atoms with Crippen molar-refractivity contribution < 1.29 is 4.79 Å². The second-order valence-corrected chi connectivity index (χ2v) is 6.96. The summed E-state index contributed by atoms with van der Waals surface area (Å²) in [6, 6.07) is 16.0. The molecule has 1 amide bonds. The van der Waals surface area contributed by atoms with Gasteiger partial charge >= 0.3 is 0 Å². The van der Waals surface area contributed by atoms with Gasteiger partial charge in [-0.2, -0.15) is 0 Å². The van der Waals surface area contributed by atoms with Gasteiger partial charge in [0.05, 0.1) is 16.8 Å². The minimum Gasteiger partial charge on any atom is -0.333 e. The maximum Gasteiger partial charge on any atom is 0.237 e. The zero-order valence-electron chi connectivity index (χ0n) is 14.1. The van der Waals surface area contributed by atoms with Crippen molar-refractivity contribution in [2.75, 3.05) is 10.7 Å². The molecule has 1 aromatic heterocycles. The molecular weight excluding hydrogens is 318 g/mol. The molecule has 24 heavy (non-hydrogen) atoms. The third-order valence-electron chi connectivity index (χ3n) is 3.84. The average molecular weight is 339 g/mol. The molecule has 0 saturated heterocycles. The Labute approximate surface area is 146 Å². The van der Waals surface area contributed by atoms with Crippen LogP contribution >= 0.6 is 11.8 Å². The number of carbonyl (C=O) groups excluding carboxylic acids is 1. The maximum absolute atomic E-state index is 12.7. The summed E-state index contributed by atoms with van der Waals surface area (Å²) in [5.74, 6) is 0.435. The van der Waals surface area contributed by atoms with Crippen molar-refractivity contribution >= 4 is 34.4 Å². The van der Waals surface area contributed by atoms with Gasteiger partial charge in [0.15, 0.2) is 5.16 Å². The van der Waals surface area contributed by atoms with Crippen molar-refractivity contribution in [3.05, 3.63) is 54.1 Å². The van der Waals surface area contributed by atoms with Gasteiger partial charge in [-0.1, -0.05) is 42.1 Å². The Bertz CT molecular complexity index is 842. The summed E-state index contributed by atoms with van der Waals surface area (Å²) in [5.41, 5.74) is 4.04. The molecule has 124 valence electrons. The van der Waals surface area contributed by atoms with Crippen LogP contribution in [0.2, 0.25) is 0 Å². The van der Waals surface area contributed by atoms with E-state index in [1.807, 2.05) is 74.2 Å². The molecule has 0 radical (unpaired) electrons. The van der Waals surface area contributed by atoms with E-state index in [2.05, 4.69) is 9.97 Å². The molecule has 0 fully saturated rings. The number of aryl methyl sites for hydroxylation is 1. The highest BCUT2D eigenvalue weighted by Gasteiger charge is 2.19. The molecule has 1 heterocycles. The first-order chi connectivity index (χ1) is 11.6. The maximum atomic E-state index is 12.7. The van der Waals surface area contributed by atoms with Crippen LogP contribution in [0.3, 0.4) is 0 Å². The number of imidazole rings is 1. The highest BCUT2D eigenvalue weighted by Crippen LogP contribution is 2.24. The first kappa shape index (κ1) is 16.6. The number of hydrogen-bond donors (Lipinski definition) is 1. The van der Waals surface area contributed by atoms with Crippen LogP contribution in [0.4, 0.5) is 5.69 Å². The molecule has 0 aliphatic carbocycles. The van der Waals surface area contributed by atoms with Gasteiger partial charge in [0.2, 0.25) is 5.91 Å². The molecule has 5 heteroatoms. The fourth-order valence-electron chi connectivity index (χ4n) is 2.74. The average Bonchev–Trinajstić information content (AvgIpc) is 2.98. The number of aromatic nitrogens is 2. The molecule has 1 N–H and O–H groups in total. The molecule has 0 bridgehead atoms. The molecule has 0 saturated carbocycles. The Morgan fingerprint density at radius 2 is 1.92 bits per heavy atom. The number of benzene rings is 2. The number of H-pyrrole nitrogens is 1. The summed E-state index contributed by atoms with van der Waals surface area (Å²) >= 11 is 1.45. The zero-order chi connectivity index (χ0) is 17.1. The number of fused-ring (bicyclic) bond motifs is 1. The lowest BCUT2D eigenvalue weighted by molar-refractivity contribution is -0.116. The fourth-order valence-corrected chi connectivity index (χ4v) is 3.48. The number of nitrogens with one attached hydrogen (secondary N) is 1. The fraction of sp³-hybridized carbons (Fsp3) is 0.263. The highest BCUT2D eigenvalue weighted by atomic mass is 32.2. The molecule has 0 aliphatic rings. The number of amides is 1. The molecule has 3 rings (SSSR count). The molecule has 3 aromatic rings. The molecular formula is C19H21N3OS. The van der Waals surface area contributed by atoms with E-state index in [4.69, 9.17) is 0 Å². The largest absolute Gasteiger partial charge is 0.333 e. The number of anilines is 1. The normalized spacial score (nSPS) is 11.2. The third kappa shape index (κ3) is 3.46. The van der Waals surface area contributed by atoms with E-state index >= 15 is 0 Å². The Morgan fingerprint density at radius 3 is 2.58 bits per heavy atom. The number of nitrogens with zero attached hydrogens (tertiary/aromatic N) is 2. The summed E-state index contributed by atoms with van der Waals surface area (Å²) < 4.78 is 0. The van der Waals surface area contributed by atoms with Crippen LogP contribution < -0.4 is 4.90 Å². The van der Waals surface area contributed by atoms with E-state index in [0.29, 0.717) is 5.75 Å². The second kappa shape index (κ2) is 7.09. The van der Waals surface area contributed by atoms with E-state index in [1.165, 1.54) is 11.8 Å². The van der Waals surface area contributed by atoms with Crippen LogP contribution in [0, 0.1) is 6.92 Å². The van der Waals surface area contributed by atoms with Crippen molar-refractivity contribution in [3.63, 3.8) is 0 Å². The van der Waals surface area contributed by atoms with Crippen molar-refractivity contribution in [1.29, 1.82) is 0 Å². The van der Waals surface area contributed by atoms with Gasteiger partial charge < -0.3 is 9.88 Å². The number of carbonyl (C=O) groups is 1. The SMILES string of the molecule is Cc1cccc2[nH]c(SCC(=O)N(c3ccccc3)C(C)C)nc12. The zero-order valence-corrected chi connectivity index (χ0v) is 14.9. The Kier molecular flexibility index (Phi) is 4.90. The molecule has 0 aliphatic heterocycles. The van der Waals surface area contributed by atoms with Crippen LogP contribution in [0.25, 0.3) is 11.0 Å². The first-order valence-electron chi connectivity index (χ1n) is 8.01. The van der Waals surface area contributed by atoms with Crippen LogP contribution in [-0.4, -0.2) is 27.7 Å². The van der Waals surface area contributed by atoms with E-state index in [9.17, 15) is 4.79 Å². The smallest absolute Gasteiger partial charge is 0.237 e. The lowest BCUT2D eigenvalue weighted by Crippen LogP contribution is -2.38. The molecule has 4 nitrogen and oxygen atoms in total. The van der Waals surface area contributed by atoms with Gasteiger partial charge in [0, 0.05) is 11.7 Å². The van der Waals surface area contributed by atoms with Gasteiger partial charge in [-0.3, -0.25) is 4.79 Å². The van der Waals surface area contributed by atoms with Crippen molar-refractivity contribution in [3.8, 4) is 0 Å². The van der Waals surface area contributed by atoms with E-state index in [0.717, 1.165) is 27.4 Å². The lowest BCUT2D eigenvalue weighted by atomic mass is 10.2. The molecule has 2 aromatic carbocycles. The summed E-state index contributed by atoms with van der Waals surface area (Å²) in [4.78, 5) is 22.4. The monoisotopic (exact) mass is 339 g/mol. The summed E-state index contributed by atoms with van der Waals surface area (Å²) in [7, 11) is 0. The lowest BCUT2D eigenvalue weighted by Gasteiger charge is -2.26. The number of rotatable bonds is 5. The minimum atomic E-state index is 0.0818. The third-order valence-corrected chi connectivity index (χ3v) is 4.70. The van der Waals surface area contributed by atoms with Gasteiger partial charge in [0.25, 0.3) is 0 Å². The van der Waals surface area contributed by atoms with E-state index < -0.39 is 0 Å². The predicted octanol–water partition coefficient (Wildman–Crippen LogP) is 4.41. The van der Waals surface area contributed by atoms with Crippen molar-refractivity contribution in [2.45, 2.75) is 32.0 Å². The van der Waals surface area contributed by atoms with Crippen LogP contribution in [-0.2, 0) is 4.79 Å². The number of para-hydroxylation sites is 2. The highest BCUT2D eigenvalue weighted by molar-refractivity contribution is 7.99. The van der Waals surface area contributed by atoms with Gasteiger partial charge in [0.1, 0.15) is 0 Å². The molecule has 0 unspecified atom stereocenters. The van der Waals surface area contributed by atoms with Gasteiger partial charge in [-0.05, 0) is 44.5 Å². The van der Waals surface area contributed by atoms with Crippen molar-refractivity contribution in [2.24, 2.45) is 0 Å². The molecule has 0 atom stereocenters. The van der Waals surface area contributed by atoms with Gasteiger partial charge in [-0.25, -0.2) is 4.98 Å². The van der Waals surface area contributed by atoms with Crippen molar-refractivity contribution in [1.82, 2.24) is 9.97 Å². The summed E-state index contributed by atoms with van der Waals surface area (Å²) in [6.07, 6.45) is 0. The minimum absolute atomic E-state index is 0.0818. The van der Waals surface area contributed by atoms with E-state index in [-0.39, 0.29) is 11.9 Å². The Morgan fingerprint density at radius 1 is 1.17 bits per heavy atom. The van der Waals surface area contributed by atoms with Gasteiger partial charge in [-0.15, -0.1) is 0 Å². The Balaban J connectivity index is 1.74. The standard InChI is InChI=1S/C19H21N3OS/c1-13(2)22(15-9-5-4-6-10-15)17(23)12-24-19-20-16-11-7-8-14(3)18(16)21-19/h4-11,13H,12H2,1-3H3,(H,20,21). The summed E-state index contributed by atoms with van der Waals surface area (Å²) in [6.45, 7) is 6.10. The topological polar surface area (TPSA) is 49.0 Å². The van der Waals surface area contributed by atoms with Crippen LogP contribution in [0.15, 0.2) is 53.7 Å². The number of aromatic amines is 1. The van der Waals surface area contributed by atoms with E-state index in [1.54, 1.807) is 0 Å². The first-order valence-corrected chi connectivity index (χ1v) is 9.00.